The van der Waals surface area contributed by atoms with Crippen LogP contribution in [0.1, 0.15) is 31.7 Å². The Labute approximate surface area is 150 Å². The van der Waals surface area contributed by atoms with Crippen LogP contribution >= 0.6 is 0 Å². The summed E-state index contributed by atoms with van der Waals surface area (Å²) in [5, 5.41) is 3.11. The molecular weight excluding hydrogens is 336 g/mol. The second-order valence-electron chi connectivity index (χ2n) is 7.08. The van der Waals surface area contributed by atoms with Gasteiger partial charge >= 0.3 is 0 Å². The maximum Gasteiger partial charge on any atom is 0.247 e. The van der Waals surface area contributed by atoms with Gasteiger partial charge in [0.2, 0.25) is 5.91 Å². The molecule has 1 N–H and O–H groups in total. The van der Waals surface area contributed by atoms with E-state index >= 15 is 0 Å². The van der Waals surface area contributed by atoms with Crippen LogP contribution in [0.2, 0.25) is 0 Å². The second kappa shape index (κ2) is 7.70. The summed E-state index contributed by atoms with van der Waals surface area (Å²) in [5.74, 6) is 0.589. The molecule has 0 bridgehead atoms. The van der Waals surface area contributed by atoms with Crippen molar-refractivity contribution in [2.24, 2.45) is 0 Å². The van der Waals surface area contributed by atoms with Crippen molar-refractivity contribution in [3.05, 3.63) is 41.5 Å². The van der Waals surface area contributed by atoms with E-state index in [1.807, 2.05) is 43.3 Å². The molecule has 2 fully saturated rings. The van der Waals surface area contributed by atoms with Crippen molar-refractivity contribution < 1.29 is 13.2 Å². The zero-order chi connectivity index (χ0) is 17.9. The first-order valence-corrected chi connectivity index (χ1v) is 10.7. The number of benzene rings is 1. The van der Waals surface area contributed by atoms with E-state index in [0.717, 1.165) is 37.9 Å². The Balaban J connectivity index is 1.49. The Morgan fingerprint density at radius 1 is 1.16 bits per heavy atom. The largest absolute Gasteiger partial charge is 0.349 e. The predicted octanol–water partition coefficient (Wildman–Crippen LogP) is 1.86. The monoisotopic (exact) mass is 362 g/mol. The maximum absolute atomic E-state index is 12.4. The average Bonchev–Trinajstić information content (AvgIpc) is 2.96. The van der Waals surface area contributed by atoms with Crippen LogP contribution in [0.3, 0.4) is 0 Å². The minimum Gasteiger partial charge on any atom is -0.349 e. The van der Waals surface area contributed by atoms with Crippen molar-refractivity contribution in [2.45, 2.75) is 38.3 Å². The number of amides is 1. The van der Waals surface area contributed by atoms with Gasteiger partial charge in [0, 0.05) is 30.7 Å². The van der Waals surface area contributed by atoms with Gasteiger partial charge in [0.05, 0.1) is 11.5 Å². The molecule has 1 atom stereocenters. The van der Waals surface area contributed by atoms with E-state index in [1.165, 1.54) is 0 Å². The molecule has 1 aromatic carbocycles. The van der Waals surface area contributed by atoms with Crippen LogP contribution in [0.25, 0.3) is 6.08 Å². The molecule has 1 unspecified atom stereocenters. The quantitative estimate of drug-likeness (QED) is 0.830. The predicted molar refractivity (Wildman–Crippen MR) is 99.9 cm³/mol. The number of piperidine rings is 1. The first-order valence-electron chi connectivity index (χ1n) is 8.92. The van der Waals surface area contributed by atoms with E-state index in [9.17, 15) is 13.2 Å². The molecule has 2 aliphatic heterocycles. The molecule has 6 heteroatoms. The second-order valence-corrected chi connectivity index (χ2v) is 9.31. The Kier molecular flexibility index (Phi) is 5.59. The van der Waals surface area contributed by atoms with Gasteiger partial charge in [0.1, 0.15) is 0 Å². The summed E-state index contributed by atoms with van der Waals surface area (Å²) in [6, 6.07) is 10.2. The lowest BCUT2D eigenvalue weighted by atomic mass is 10.0. The van der Waals surface area contributed by atoms with Gasteiger partial charge in [-0.1, -0.05) is 30.3 Å². The third kappa shape index (κ3) is 4.92. The molecule has 1 amide bonds. The van der Waals surface area contributed by atoms with Crippen molar-refractivity contribution in [1.82, 2.24) is 10.2 Å². The van der Waals surface area contributed by atoms with Gasteiger partial charge in [0.15, 0.2) is 9.84 Å². The highest BCUT2D eigenvalue weighted by molar-refractivity contribution is 7.91. The summed E-state index contributed by atoms with van der Waals surface area (Å²) in [6.07, 6.45) is 4.40. The summed E-state index contributed by atoms with van der Waals surface area (Å²) in [5.41, 5.74) is 1.72. The van der Waals surface area contributed by atoms with Gasteiger partial charge in [-0.05, 0) is 37.8 Å². The fraction of sp³-hybridized carbons (Fsp3) is 0.526. The molecule has 0 radical (unpaired) electrons. The van der Waals surface area contributed by atoms with Crippen molar-refractivity contribution in [3.8, 4) is 0 Å². The maximum atomic E-state index is 12.4. The lowest BCUT2D eigenvalue weighted by Gasteiger charge is -2.35. The summed E-state index contributed by atoms with van der Waals surface area (Å²) in [6.45, 7) is 3.54. The van der Waals surface area contributed by atoms with E-state index in [4.69, 9.17) is 0 Å². The highest BCUT2D eigenvalue weighted by Crippen LogP contribution is 2.22. The molecule has 2 saturated heterocycles. The minimum absolute atomic E-state index is 0.0225. The van der Waals surface area contributed by atoms with Crippen molar-refractivity contribution >= 4 is 21.8 Å². The summed E-state index contributed by atoms with van der Waals surface area (Å²) in [4.78, 5) is 14.6. The van der Waals surface area contributed by atoms with E-state index in [-0.39, 0.29) is 18.0 Å². The van der Waals surface area contributed by atoms with Crippen LogP contribution in [0.4, 0.5) is 0 Å². The van der Waals surface area contributed by atoms with E-state index < -0.39 is 9.84 Å². The Morgan fingerprint density at radius 3 is 2.44 bits per heavy atom. The van der Waals surface area contributed by atoms with Crippen LogP contribution < -0.4 is 5.32 Å². The SMILES string of the molecule is CC(=Cc1ccccc1)C(=O)NC1CCN(C2CCS(=O)(=O)C2)CC1. The summed E-state index contributed by atoms with van der Waals surface area (Å²) >= 11 is 0. The number of hydrogen-bond donors (Lipinski definition) is 1. The third-order valence-electron chi connectivity index (χ3n) is 5.13. The number of carbonyl (C=O) groups excluding carboxylic acids is 1. The van der Waals surface area contributed by atoms with E-state index in [0.29, 0.717) is 17.1 Å². The normalized spacial score (nSPS) is 25.0. The number of likely N-dealkylation sites (tertiary alicyclic amines) is 1. The van der Waals surface area contributed by atoms with Crippen LogP contribution in [0.15, 0.2) is 35.9 Å². The lowest BCUT2D eigenvalue weighted by molar-refractivity contribution is -0.118. The van der Waals surface area contributed by atoms with Crippen LogP contribution in [-0.2, 0) is 14.6 Å². The fourth-order valence-electron chi connectivity index (χ4n) is 3.64. The molecule has 25 heavy (non-hydrogen) atoms. The number of hydrogen-bond acceptors (Lipinski definition) is 4. The van der Waals surface area contributed by atoms with Crippen LogP contribution in [0.5, 0.6) is 0 Å². The number of nitrogens with one attached hydrogen (secondary N) is 1. The lowest BCUT2D eigenvalue weighted by Crippen LogP contribution is -2.48. The highest BCUT2D eigenvalue weighted by atomic mass is 32.2. The Hall–Kier alpha value is -1.66. The topological polar surface area (TPSA) is 66.5 Å². The smallest absolute Gasteiger partial charge is 0.247 e. The van der Waals surface area contributed by atoms with Crippen LogP contribution in [-0.4, -0.2) is 55.9 Å². The summed E-state index contributed by atoms with van der Waals surface area (Å²) < 4.78 is 23.3. The number of nitrogens with zero attached hydrogens (tertiary/aromatic N) is 1. The van der Waals surface area contributed by atoms with Crippen molar-refractivity contribution in [1.29, 1.82) is 0 Å². The Bertz CT molecular complexity index is 735. The van der Waals surface area contributed by atoms with Gasteiger partial charge in [-0.2, -0.15) is 0 Å². The van der Waals surface area contributed by atoms with E-state index in [2.05, 4.69) is 10.2 Å². The molecule has 3 rings (SSSR count). The van der Waals surface area contributed by atoms with E-state index in [1.54, 1.807) is 0 Å². The number of carbonyl (C=O) groups is 1. The zero-order valence-electron chi connectivity index (χ0n) is 14.6. The van der Waals surface area contributed by atoms with Gasteiger partial charge < -0.3 is 5.32 Å². The molecule has 2 heterocycles. The molecule has 0 saturated carbocycles. The first kappa shape index (κ1) is 18.1. The van der Waals surface area contributed by atoms with Gasteiger partial charge in [-0.25, -0.2) is 8.42 Å². The fourth-order valence-corrected chi connectivity index (χ4v) is 5.40. The molecule has 5 nitrogen and oxygen atoms in total. The third-order valence-corrected chi connectivity index (χ3v) is 6.88. The van der Waals surface area contributed by atoms with Gasteiger partial charge in [0.25, 0.3) is 0 Å². The Morgan fingerprint density at radius 2 is 1.84 bits per heavy atom. The summed E-state index contributed by atoms with van der Waals surface area (Å²) in [7, 11) is -2.84. The molecule has 0 spiro atoms. The molecule has 2 aliphatic rings. The zero-order valence-corrected chi connectivity index (χ0v) is 15.5. The molecule has 136 valence electrons. The number of sulfone groups is 1. The molecular formula is C19H26N2O3S. The average molecular weight is 362 g/mol. The number of rotatable bonds is 4. The van der Waals surface area contributed by atoms with Crippen molar-refractivity contribution in [2.75, 3.05) is 24.6 Å². The first-order chi connectivity index (χ1) is 11.9. The van der Waals surface area contributed by atoms with Gasteiger partial charge in [-0.3, -0.25) is 9.69 Å². The standard InChI is InChI=1S/C19H26N2O3S/c1-15(13-16-5-3-2-4-6-16)19(22)20-17-7-10-21(11-8-17)18-9-12-25(23,24)14-18/h2-6,13,17-18H,7-12,14H2,1H3,(H,20,22). The van der Waals surface area contributed by atoms with Crippen molar-refractivity contribution in [3.63, 3.8) is 0 Å². The molecule has 0 aliphatic carbocycles. The molecule has 0 aromatic heterocycles. The minimum atomic E-state index is -2.84. The van der Waals surface area contributed by atoms with Crippen LogP contribution in [0, 0.1) is 0 Å². The highest BCUT2D eigenvalue weighted by Gasteiger charge is 2.34. The van der Waals surface area contributed by atoms with Gasteiger partial charge in [-0.15, -0.1) is 0 Å². The molecule has 1 aromatic rings.